The van der Waals surface area contributed by atoms with Crippen molar-refractivity contribution >= 4 is 37.7 Å². The third kappa shape index (κ3) is 4.87. The van der Waals surface area contributed by atoms with Gasteiger partial charge in [-0.1, -0.05) is 121 Å². The number of para-hydroxylation sites is 2. The molecule has 194 valence electrons. The number of hydrogen-bond acceptors (Lipinski definition) is 0. The number of halogens is 1. The van der Waals surface area contributed by atoms with E-state index in [1.807, 2.05) is 13.8 Å². The van der Waals surface area contributed by atoms with Crippen LogP contribution in [-0.4, -0.2) is 4.57 Å². The summed E-state index contributed by atoms with van der Waals surface area (Å²) in [5.74, 6) is 0. The molecule has 0 unspecified atom stereocenters. The van der Waals surface area contributed by atoms with E-state index in [0.717, 1.165) is 4.47 Å². The molecule has 0 amide bonds. The van der Waals surface area contributed by atoms with Crippen molar-refractivity contribution in [3.63, 3.8) is 0 Å². The van der Waals surface area contributed by atoms with Crippen LogP contribution in [0.15, 0.2) is 150 Å². The summed E-state index contributed by atoms with van der Waals surface area (Å²) in [7, 11) is 0. The first-order chi connectivity index (χ1) is 19.7. The van der Waals surface area contributed by atoms with Crippen molar-refractivity contribution in [3.8, 4) is 39.1 Å². The number of hydrogen-bond donors (Lipinski definition) is 0. The zero-order chi connectivity index (χ0) is 27.5. The molecule has 0 aliphatic heterocycles. The number of nitrogens with zero attached hydrogens (tertiary/aromatic N) is 1. The number of rotatable bonds is 4. The Morgan fingerprint density at radius 2 is 0.925 bits per heavy atom. The zero-order valence-electron chi connectivity index (χ0n) is 22.7. The smallest absolute Gasteiger partial charge is 0.0541 e. The molecule has 0 saturated carbocycles. The van der Waals surface area contributed by atoms with Crippen LogP contribution < -0.4 is 0 Å². The second-order valence-corrected chi connectivity index (χ2v) is 10.5. The van der Waals surface area contributed by atoms with Gasteiger partial charge in [0.05, 0.1) is 11.0 Å². The summed E-state index contributed by atoms with van der Waals surface area (Å²) in [5.41, 5.74) is 10.9. The van der Waals surface area contributed by atoms with Gasteiger partial charge in [0.25, 0.3) is 0 Å². The summed E-state index contributed by atoms with van der Waals surface area (Å²) in [6.45, 7) is 4.00. The van der Waals surface area contributed by atoms with E-state index in [9.17, 15) is 0 Å². The molecular weight excluding hydrogens is 550 g/mol. The molecule has 0 aliphatic rings. The molecule has 0 bridgehead atoms. The van der Waals surface area contributed by atoms with E-state index in [1.54, 1.807) is 0 Å². The van der Waals surface area contributed by atoms with Crippen LogP contribution in [0.25, 0.3) is 60.9 Å². The molecule has 0 spiro atoms. The van der Waals surface area contributed by atoms with Crippen LogP contribution in [0.2, 0.25) is 0 Å². The minimum Gasteiger partial charge on any atom is -0.309 e. The Balaban J connectivity index is 0.00000142. The molecule has 0 atom stereocenters. The summed E-state index contributed by atoms with van der Waals surface area (Å²) in [5, 5.41) is 2.53. The molecule has 7 aromatic rings. The van der Waals surface area contributed by atoms with Gasteiger partial charge in [-0.2, -0.15) is 0 Å². The highest BCUT2D eigenvalue weighted by Gasteiger charge is 2.13. The highest BCUT2D eigenvalue weighted by molar-refractivity contribution is 9.10. The molecule has 1 nitrogen and oxygen atoms in total. The maximum atomic E-state index is 3.74. The van der Waals surface area contributed by atoms with Crippen molar-refractivity contribution in [1.82, 2.24) is 4.57 Å². The van der Waals surface area contributed by atoms with Gasteiger partial charge in [-0.3, -0.25) is 0 Å². The fourth-order valence-corrected chi connectivity index (χ4v) is 5.93. The minimum absolute atomic E-state index is 1.08. The van der Waals surface area contributed by atoms with Crippen molar-refractivity contribution in [1.29, 1.82) is 0 Å². The van der Waals surface area contributed by atoms with Crippen LogP contribution in [0.5, 0.6) is 0 Å². The predicted octanol–water partition coefficient (Wildman–Crippen LogP) is 11.6. The van der Waals surface area contributed by atoms with Crippen LogP contribution in [0.3, 0.4) is 0 Å². The van der Waals surface area contributed by atoms with Gasteiger partial charge in [0.2, 0.25) is 0 Å². The molecule has 2 heteroatoms. The largest absolute Gasteiger partial charge is 0.309 e. The van der Waals surface area contributed by atoms with Gasteiger partial charge in [0.15, 0.2) is 0 Å². The third-order valence-electron chi connectivity index (χ3n) is 7.22. The average molecular weight is 581 g/mol. The number of benzene rings is 6. The topological polar surface area (TPSA) is 4.93 Å². The Hall–Kier alpha value is -4.40. The van der Waals surface area contributed by atoms with E-state index in [0.29, 0.717) is 0 Å². The van der Waals surface area contributed by atoms with E-state index < -0.39 is 0 Å². The van der Waals surface area contributed by atoms with E-state index in [4.69, 9.17) is 0 Å². The van der Waals surface area contributed by atoms with Crippen molar-refractivity contribution in [2.45, 2.75) is 13.8 Å². The second-order valence-electron chi connectivity index (χ2n) is 9.60. The molecule has 1 heterocycles. The first-order valence-corrected chi connectivity index (χ1v) is 14.6. The highest BCUT2D eigenvalue weighted by Crippen LogP contribution is 2.36. The quantitative estimate of drug-likeness (QED) is 0.195. The van der Waals surface area contributed by atoms with Crippen LogP contribution in [0.4, 0.5) is 0 Å². The van der Waals surface area contributed by atoms with E-state index in [-0.39, 0.29) is 0 Å². The molecule has 0 aliphatic carbocycles. The van der Waals surface area contributed by atoms with Gasteiger partial charge in [-0.25, -0.2) is 0 Å². The molecular formula is C38H30BrN. The fourth-order valence-electron chi connectivity index (χ4n) is 5.44. The van der Waals surface area contributed by atoms with Crippen molar-refractivity contribution < 1.29 is 0 Å². The molecule has 0 saturated heterocycles. The van der Waals surface area contributed by atoms with Crippen LogP contribution >= 0.6 is 15.9 Å². The fraction of sp³-hybridized carbons (Fsp3) is 0.0526. The lowest BCUT2D eigenvalue weighted by Gasteiger charge is -2.10. The van der Waals surface area contributed by atoms with Crippen molar-refractivity contribution in [2.24, 2.45) is 0 Å². The Kier molecular flexibility index (Phi) is 7.35. The van der Waals surface area contributed by atoms with E-state index in [1.165, 1.54) is 60.9 Å². The van der Waals surface area contributed by atoms with Crippen LogP contribution in [-0.2, 0) is 0 Å². The van der Waals surface area contributed by atoms with Gasteiger partial charge in [0.1, 0.15) is 0 Å². The molecule has 0 fully saturated rings. The molecule has 6 aromatic carbocycles. The summed E-state index contributed by atoms with van der Waals surface area (Å²) >= 11 is 3.74. The normalized spacial score (nSPS) is 10.9. The lowest BCUT2D eigenvalue weighted by atomic mass is 9.96. The molecule has 40 heavy (non-hydrogen) atoms. The van der Waals surface area contributed by atoms with Gasteiger partial charge in [-0.15, -0.1) is 0 Å². The molecule has 0 radical (unpaired) electrons. The number of aromatic nitrogens is 1. The standard InChI is InChI=1S/C36H24BrN.C2H6/c37-31-22-29(25-10-3-1-4-11-25)21-30(23-31)27-13-9-12-26(20-27)28-18-19-36-34(24-28)33-16-7-8-17-35(33)38(36)32-14-5-2-6-15-32;1-2/h1-24H;1-2H3. The Bertz CT molecular complexity index is 1920. The van der Waals surface area contributed by atoms with E-state index in [2.05, 4.69) is 166 Å². The maximum Gasteiger partial charge on any atom is 0.0541 e. The minimum atomic E-state index is 1.08. The third-order valence-corrected chi connectivity index (χ3v) is 7.68. The molecule has 0 N–H and O–H groups in total. The lowest BCUT2D eigenvalue weighted by molar-refractivity contribution is 1.18. The maximum absolute atomic E-state index is 3.74. The lowest BCUT2D eigenvalue weighted by Crippen LogP contribution is -1.92. The average Bonchev–Trinajstić information content (AvgIpc) is 3.36. The van der Waals surface area contributed by atoms with Crippen LogP contribution in [0.1, 0.15) is 13.8 Å². The molecule has 1 aromatic heterocycles. The Morgan fingerprint density at radius 3 is 1.68 bits per heavy atom. The second kappa shape index (κ2) is 11.4. The zero-order valence-corrected chi connectivity index (χ0v) is 24.3. The van der Waals surface area contributed by atoms with Crippen molar-refractivity contribution in [3.05, 3.63) is 150 Å². The Morgan fingerprint density at radius 1 is 0.400 bits per heavy atom. The SMILES string of the molecule is Brc1cc(-c2ccccc2)cc(-c2cccc(-c3ccc4c(c3)c3ccccc3n4-c3ccccc3)c2)c1.CC. The highest BCUT2D eigenvalue weighted by atomic mass is 79.9. The summed E-state index contributed by atoms with van der Waals surface area (Å²) < 4.78 is 3.44. The van der Waals surface area contributed by atoms with Gasteiger partial charge in [0, 0.05) is 20.9 Å². The Labute approximate surface area is 244 Å². The van der Waals surface area contributed by atoms with Gasteiger partial charge < -0.3 is 4.57 Å². The summed E-state index contributed by atoms with van der Waals surface area (Å²) in [6, 6.07) is 52.2. The predicted molar refractivity (Wildman–Crippen MR) is 176 cm³/mol. The first kappa shape index (κ1) is 25.9. The first-order valence-electron chi connectivity index (χ1n) is 13.8. The van der Waals surface area contributed by atoms with Gasteiger partial charge in [-0.05, 0) is 88.0 Å². The van der Waals surface area contributed by atoms with E-state index >= 15 is 0 Å². The monoisotopic (exact) mass is 579 g/mol. The number of fused-ring (bicyclic) bond motifs is 3. The van der Waals surface area contributed by atoms with Gasteiger partial charge >= 0.3 is 0 Å². The van der Waals surface area contributed by atoms with Crippen LogP contribution in [0, 0.1) is 0 Å². The summed E-state index contributed by atoms with van der Waals surface area (Å²) in [4.78, 5) is 0. The van der Waals surface area contributed by atoms with Crippen molar-refractivity contribution in [2.75, 3.05) is 0 Å². The summed E-state index contributed by atoms with van der Waals surface area (Å²) in [6.07, 6.45) is 0. The molecule has 7 rings (SSSR count).